The monoisotopic (exact) mass is 313 g/mol. The number of hydrogen-bond donors (Lipinski definition) is 2. The molecule has 23 heavy (non-hydrogen) atoms. The smallest absolute Gasteiger partial charge is 0.257 e. The van der Waals surface area contributed by atoms with Crippen LogP contribution in [0.15, 0.2) is 54.6 Å². The zero-order valence-corrected chi connectivity index (χ0v) is 13.4. The van der Waals surface area contributed by atoms with Gasteiger partial charge in [0.05, 0.1) is 0 Å². The Balaban J connectivity index is 1.74. The molecule has 0 aliphatic carbocycles. The second kappa shape index (κ2) is 8.96. The number of hydrogen-bond acceptors (Lipinski definition) is 3. The Morgan fingerprint density at radius 3 is 2.48 bits per heavy atom. The summed E-state index contributed by atoms with van der Waals surface area (Å²) in [6.07, 6.45) is 0.733. The van der Waals surface area contributed by atoms with Crippen LogP contribution in [0.3, 0.4) is 0 Å². The van der Waals surface area contributed by atoms with Gasteiger partial charge in [0.15, 0.2) is 6.61 Å². The first-order valence-corrected chi connectivity index (χ1v) is 7.78. The molecule has 2 rings (SSSR count). The number of ether oxygens (including phenoxy) is 1. The van der Waals surface area contributed by atoms with E-state index in [-0.39, 0.29) is 25.0 Å². The maximum atomic E-state index is 11.8. The minimum absolute atomic E-state index is 0.00150. The summed E-state index contributed by atoms with van der Waals surface area (Å²) in [5, 5.41) is 12.3. The Morgan fingerprint density at radius 2 is 1.83 bits per heavy atom. The van der Waals surface area contributed by atoms with E-state index < -0.39 is 0 Å². The fourth-order valence-electron chi connectivity index (χ4n) is 2.23. The Morgan fingerprint density at radius 1 is 1.13 bits per heavy atom. The molecule has 0 fully saturated rings. The molecule has 122 valence electrons. The normalized spacial score (nSPS) is 11.7. The van der Waals surface area contributed by atoms with Crippen molar-refractivity contribution in [3.8, 4) is 5.75 Å². The molecular formula is C19H23NO3. The van der Waals surface area contributed by atoms with Gasteiger partial charge in [-0.05, 0) is 31.0 Å². The van der Waals surface area contributed by atoms with Crippen molar-refractivity contribution < 1.29 is 14.6 Å². The van der Waals surface area contributed by atoms with Crippen molar-refractivity contribution in [1.29, 1.82) is 0 Å². The average Bonchev–Trinajstić information content (AvgIpc) is 2.59. The molecule has 2 aromatic carbocycles. The molecule has 1 amide bonds. The van der Waals surface area contributed by atoms with Crippen LogP contribution in [0.1, 0.15) is 11.1 Å². The molecular weight excluding hydrogens is 290 g/mol. The predicted octanol–water partition coefficient (Wildman–Crippen LogP) is 2.34. The molecule has 0 aromatic heterocycles. The number of rotatable bonds is 8. The van der Waals surface area contributed by atoms with Gasteiger partial charge in [-0.1, -0.05) is 48.0 Å². The van der Waals surface area contributed by atoms with Crippen LogP contribution in [0, 0.1) is 12.8 Å². The summed E-state index contributed by atoms with van der Waals surface area (Å²) in [7, 11) is 0. The number of aryl methyl sites for hydroxylation is 1. The van der Waals surface area contributed by atoms with Gasteiger partial charge < -0.3 is 15.2 Å². The zero-order valence-electron chi connectivity index (χ0n) is 13.4. The van der Waals surface area contributed by atoms with Crippen molar-refractivity contribution in [1.82, 2.24) is 5.32 Å². The summed E-state index contributed by atoms with van der Waals surface area (Å²) < 4.78 is 5.39. The van der Waals surface area contributed by atoms with Gasteiger partial charge in [-0.2, -0.15) is 0 Å². The number of carbonyl (C=O) groups is 1. The Bertz CT molecular complexity index is 596. The first kappa shape index (κ1) is 17.0. The quantitative estimate of drug-likeness (QED) is 0.786. The molecule has 0 aliphatic rings. The largest absolute Gasteiger partial charge is 0.484 e. The molecule has 0 unspecified atom stereocenters. The van der Waals surface area contributed by atoms with E-state index in [0.29, 0.717) is 12.3 Å². The molecule has 0 aliphatic heterocycles. The number of aliphatic hydroxyl groups excluding tert-OH is 1. The SMILES string of the molecule is Cc1ccc(C[C@H](CO)CNC(=O)COc2ccccc2)cc1. The summed E-state index contributed by atoms with van der Waals surface area (Å²) in [6, 6.07) is 17.4. The summed E-state index contributed by atoms with van der Waals surface area (Å²) in [6.45, 7) is 2.49. The van der Waals surface area contributed by atoms with Crippen LogP contribution in [-0.2, 0) is 11.2 Å². The van der Waals surface area contributed by atoms with Crippen molar-refractivity contribution in [2.75, 3.05) is 19.8 Å². The molecule has 0 heterocycles. The second-order valence-electron chi connectivity index (χ2n) is 5.64. The third-order valence-electron chi connectivity index (χ3n) is 3.60. The van der Waals surface area contributed by atoms with E-state index in [1.54, 1.807) is 12.1 Å². The summed E-state index contributed by atoms with van der Waals surface area (Å²) in [5.41, 5.74) is 2.37. The van der Waals surface area contributed by atoms with Crippen LogP contribution in [0.2, 0.25) is 0 Å². The number of benzene rings is 2. The average molecular weight is 313 g/mol. The lowest BCUT2D eigenvalue weighted by atomic mass is 9.99. The molecule has 0 spiro atoms. The van der Waals surface area contributed by atoms with E-state index in [1.165, 1.54) is 5.56 Å². The van der Waals surface area contributed by atoms with Crippen molar-refractivity contribution >= 4 is 5.91 Å². The first-order valence-electron chi connectivity index (χ1n) is 7.78. The summed E-state index contributed by atoms with van der Waals surface area (Å²) in [5.74, 6) is 0.482. The number of para-hydroxylation sites is 1. The predicted molar refractivity (Wildman–Crippen MR) is 90.4 cm³/mol. The minimum atomic E-state index is -0.184. The maximum Gasteiger partial charge on any atom is 0.257 e. The van der Waals surface area contributed by atoms with Gasteiger partial charge in [0, 0.05) is 19.1 Å². The number of aliphatic hydroxyl groups is 1. The number of nitrogens with one attached hydrogen (secondary N) is 1. The lowest BCUT2D eigenvalue weighted by Crippen LogP contribution is -2.35. The zero-order chi connectivity index (χ0) is 16.5. The van der Waals surface area contributed by atoms with Crippen LogP contribution in [-0.4, -0.2) is 30.8 Å². The van der Waals surface area contributed by atoms with Gasteiger partial charge in [-0.15, -0.1) is 0 Å². The lowest BCUT2D eigenvalue weighted by molar-refractivity contribution is -0.123. The van der Waals surface area contributed by atoms with E-state index in [2.05, 4.69) is 29.6 Å². The third kappa shape index (κ3) is 6.12. The van der Waals surface area contributed by atoms with Gasteiger partial charge in [-0.3, -0.25) is 4.79 Å². The van der Waals surface area contributed by atoms with Crippen LogP contribution < -0.4 is 10.1 Å². The Labute approximate surface area is 137 Å². The van der Waals surface area contributed by atoms with E-state index in [1.807, 2.05) is 25.1 Å². The van der Waals surface area contributed by atoms with Crippen molar-refractivity contribution in [3.63, 3.8) is 0 Å². The Kier molecular flexibility index (Phi) is 6.63. The highest BCUT2D eigenvalue weighted by Gasteiger charge is 2.11. The van der Waals surface area contributed by atoms with Gasteiger partial charge in [0.2, 0.25) is 0 Å². The van der Waals surface area contributed by atoms with Gasteiger partial charge in [0.25, 0.3) is 5.91 Å². The molecule has 2 aromatic rings. The topological polar surface area (TPSA) is 58.6 Å². The van der Waals surface area contributed by atoms with Crippen LogP contribution in [0.4, 0.5) is 0 Å². The number of carbonyl (C=O) groups excluding carboxylic acids is 1. The molecule has 0 saturated carbocycles. The van der Waals surface area contributed by atoms with Crippen molar-refractivity contribution in [2.45, 2.75) is 13.3 Å². The van der Waals surface area contributed by atoms with Gasteiger partial charge in [-0.25, -0.2) is 0 Å². The van der Waals surface area contributed by atoms with Gasteiger partial charge >= 0.3 is 0 Å². The molecule has 4 heteroatoms. The van der Waals surface area contributed by atoms with E-state index in [0.717, 1.165) is 12.0 Å². The lowest BCUT2D eigenvalue weighted by Gasteiger charge is -2.15. The van der Waals surface area contributed by atoms with Crippen molar-refractivity contribution in [2.24, 2.45) is 5.92 Å². The molecule has 0 radical (unpaired) electrons. The third-order valence-corrected chi connectivity index (χ3v) is 3.60. The standard InChI is InChI=1S/C19H23NO3/c1-15-7-9-16(10-8-15)11-17(13-21)12-20-19(22)14-23-18-5-3-2-4-6-18/h2-10,17,21H,11-14H2,1H3,(H,20,22)/t17-/m0/s1. The highest BCUT2D eigenvalue weighted by Crippen LogP contribution is 2.10. The van der Waals surface area contributed by atoms with E-state index in [9.17, 15) is 9.90 Å². The molecule has 1 atom stereocenters. The van der Waals surface area contributed by atoms with Crippen LogP contribution in [0.5, 0.6) is 5.75 Å². The molecule has 0 saturated heterocycles. The first-order chi connectivity index (χ1) is 11.2. The molecule has 0 bridgehead atoms. The number of amides is 1. The Hall–Kier alpha value is -2.33. The van der Waals surface area contributed by atoms with Gasteiger partial charge in [0.1, 0.15) is 5.75 Å². The van der Waals surface area contributed by atoms with Crippen LogP contribution >= 0.6 is 0 Å². The summed E-state index contributed by atoms with van der Waals surface area (Å²) >= 11 is 0. The molecule has 2 N–H and O–H groups in total. The highest BCUT2D eigenvalue weighted by molar-refractivity contribution is 5.77. The van der Waals surface area contributed by atoms with E-state index >= 15 is 0 Å². The van der Waals surface area contributed by atoms with E-state index in [4.69, 9.17) is 4.74 Å². The second-order valence-corrected chi connectivity index (χ2v) is 5.64. The van der Waals surface area contributed by atoms with Crippen molar-refractivity contribution in [3.05, 3.63) is 65.7 Å². The minimum Gasteiger partial charge on any atom is -0.484 e. The maximum absolute atomic E-state index is 11.8. The summed E-state index contributed by atoms with van der Waals surface area (Å²) in [4.78, 5) is 11.8. The fraction of sp³-hybridized carbons (Fsp3) is 0.316. The highest BCUT2D eigenvalue weighted by atomic mass is 16.5. The van der Waals surface area contributed by atoms with Crippen LogP contribution in [0.25, 0.3) is 0 Å². The fourth-order valence-corrected chi connectivity index (χ4v) is 2.23. The molecule has 4 nitrogen and oxygen atoms in total.